The Bertz CT molecular complexity index is 1100. The molecule has 0 saturated carbocycles. The SMILES string of the molecule is COC(=O)c1cnc2c(c1)c1ccccc1n2Cc1ccc(OC)cc1. The van der Waals surface area contributed by atoms with Crippen LogP contribution in [0.4, 0.5) is 0 Å². The van der Waals surface area contributed by atoms with Crippen molar-refractivity contribution in [2.45, 2.75) is 6.54 Å². The zero-order valence-corrected chi connectivity index (χ0v) is 14.6. The second kappa shape index (κ2) is 6.52. The average molecular weight is 346 g/mol. The Morgan fingerprint density at radius 3 is 2.54 bits per heavy atom. The molecule has 4 aromatic rings. The van der Waals surface area contributed by atoms with E-state index in [9.17, 15) is 4.79 Å². The molecule has 2 aromatic carbocycles. The molecule has 0 aliphatic heterocycles. The van der Waals surface area contributed by atoms with Crippen LogP contribution >= 0.6 is 0 Å². The minimum atomic E-state index is -0.383. The van der Waals surface area contributed by atoms with Crippen LogP contribution in [0.25, 0.3) is 21.9 Å². The molecule has 5 nitrogen and oxygen atoms in total. The molecule has 5 heteroatoms. The van der Waals surface area contributed by atoms with Crippen LogP contribution in [0.3, 0.4) is 0 Å². The number of aromatic nitrogens is 2. The Morgan fingerprint density at radius 2 is 1.81 bits per heavy atom. The number of ether oxygens (including phenoxy) is 2. The first-order valence-corrected chi connectivity index (χ1v) is 8.29. The number of rotatable bonds is 4. The smallest absolute Gasteiger partial charge is 0.339 e. The van der Waals surface area contributed by atoms with Gasteiger partial charge in [0.15, 0.2) is 0 Å². The Balaban J connectivity index is 1.87. The summed E-state index contributed by atoms with van der Waals surface area (Å²) in [6, 6.07) is 17.9. The normalized spacial score (nSPS) is 11.0. The molecule has 4 rings (SSSR count). The molecule has 0 aliphatic carbocycles. The zero-order chi connectivity index (χ0) is 18.1. The topological polar surface area (TPSA) is 53.3 Å². The van der Waals surface area contributed by atoms with Gasteiger partial charge in [-0.3, -0.25) is 0 Å². The molecule has 0 aliphatic rings. The van der Waals surface area contributed by atoms with Crippen molar-refractivity contribution in [3.63, 3.8) is 0 Å². The lowest BCUT2D eigenvalue weighted by molar-refractivity contribution is 0.0600. The summed E-state index contributed by atoms with van der Waals surface area (Å²) in [6.45, 7) is 0.679. The van der Waals surface area contributed by atoms with Crippen LogP contribution < -0.4 is 4.74 Å². The monoisotopic (exact) mass is 346 g/mol. The Hall–Kier alpha value is -3.34. The van der Waals surface area contributed by atoms with E-state index in [0.29, 0.717) is 12.1 Å². The first-order chi connectivity index (χ1) is 12.7. The third-order valence-corrected chi connectivity index (χ3v) is 4.53. The number of fused-ring (bicyclic) bond motifs is 3. The number of para-hydroxylation sites is 1. The number of hydrogen-bond donors (Lipinski definition) is 0. The Kier molecular flexibility index (Phi) is 4.05. The maximum atomic E-state index is 11.9. The van der Waals surface area contributed by atoms with E-state index >= 15 is 0 Å². The number of hydrogen-bond acceptors (Lipinski definition) is 4. The van der Waals surface area contributed by atoms with Gasteiger partial charge in [-0.15, -0.1) is 0 Å². The molecule has 26 heavy (non-hydrogen) atoms. The zero-order valence-electron chi connectivity index (χ0n) is 14.6. The van der Waals surface area contributed by atoms with Gasteiger partial charge in [0.1, 0.15) is 11.4 Å². The van der Waals surface area contributed by atoms with Gasteiger partial charge in [0.05, 0.1) is 25.3 Å². The first-order valence-electron chi connectivity index (χ1n) is 8.29. The van der Waals surface area contributed by atoms with Crippen molar-refractivity contribution in [2.24, 2.45) is 0 Å². The summed E-state index contributed by atoms with van der Waals surface area (Å²) in [5.41, 5.74) is 3.52. The lowest BCUT2D eigenvalue weighted by atomic mass is 10.1. The molecular formula is C21H18N2O3. The lowest BCUT2D eigenvalue weighted by Gasteiger charge is -2.08. The number of carbonyl (C=O) groups is 1. The maximum absolute atomic E-state index is 11.9. The van der Waals surface area contributed by atoms with E-state index in [1.165, 1.54) is 7.11 Å². The van der Waals surface area contributed by atoms with Crippen LogP contribution in [-0.2, 0) is 11.3 Å². The highest BCUT2D eigenvalue weighted by Gasteiger charge is 2.15. The van der Waals surface area contributed by atoms with Crippen molar-refractivity contribution in [1.29, 1.82) is 0 Å². The summed E-state index contributed by atoms with van der Waals surface area (Å²) >= 11 is 0. The van der Waals surface area contributed by atoms with Crippen LogP contribution in [0.5, 0.6) is 5.75 Å². The minimum Gasteiger partial charge on any atom is -0.497 e. The molecule has 0 amide bonds. The molecule has 0 fully saturated rings. The van der Waals surface area contributed by atoms with Crippen molar-refractivity contribution in [3.05, 3.63) is 71.9 Å². The van der Waals surface area contributed by atoms with Crippen LogP contribution in [0, 0.1) is 0 Å². The van der Waals surface area contributed by atoms with Gasteiger partial charge >= 0.3 is 5.97 Å². The highest BCUT2D eigenvalue weighted by atomic mass is 16.5. The summed E-state index contributed by atoms with van der Waals surface area (Å²) in [5.74, 6) is 0.447. The standard InChI is InChI=1S/C21H18N2O3/c1-25-16-9-7-14(8-10-16)13-23-19-6-4-3-5-17(19)18-11-15(21(24)26-2)12-22-20(18)23/h3-12H,13H2,1-2H3. The van der Waals surface area contributed by atoms with Crippen LogP contribution in [-0.4, -0.2) is 29.7 Å². The van der Waals surface area contributed by atoms with E-state index in [1.807, 2.05) is 48.5 Å². The van der Waals surface area contributed by atoms with Gasteiger partial charge in [0, 0.05) is 23.5 Å². The predicted molar refractivity (Wildman–Crippen MR) is 101 cm³/mol. The highest BCUT2D eigenvalue weighted by molar-refractivity contribution is 6.08. The summed E-state index contributed by atoms with van der Waals surface area (Å²) in [7, 11) is 3.03. The fraction of sp³-hybridized carbons (Fsp3) is 0.143. The quantitative estimate of drug-likeness (QED) is 0.524. The Morgan fingerprint density at radius 1 is 1.04 bits per heavy atom. The van der Waals surface area contributed by atoms with E-state index in [4.69, 9.17) is 9.47 Å². The fourth-order valence-electron chi connectivity index (χ4n) is 3.22. The van der Waals surface area contributed by atoms with Crippen LogP contribution in [0.2, 0.25) is 0 Å². The number of methoxy groups -OCH3 is 2. The number of esters is 1. The van der Waals surface area contributed by atoms with Gasteiger partial charge in [-0.25, -0.2) is 9.78 Å². The van der Waals surface area contributed by atoms with Gasteiger partial charge in [0.2, 0.25) is 0 Å². The van der Waals surface area contributed by atoms with E-state index < -0.39 is 0 Å². The molecule has 0 N–H and O–H groups in total. The second-order valence-corrected chi connectivity index (χ2v) is 6.04. The first kappa shape index (κ1) is 16.1. The lowest BCUT2D eigenvalue weighted by Crippen LogP contribution is -2.03. The van der Waals surface area contributed by atoms with Gasteiger partial charge in [-0.1, -0.05) is 30.3 Å². The van der Waals surface area contributed by atoms with E-state index in [0.717, 1.165) is 33.2 Å². The molecule has 0 saturated heterocycles. The van der Waals surface area contributed by atoms with Crippen molar-refractivity contribution in [1.82, 2.24) is 9.55 Å². The summed E-state index contributed by atoms with van der Waals surface area (Å²) in [4.78, 5) is 16.4. The highest BCUT2D eigenvalue weighted by Crippen LogP contribution is 2.29. The number of benzene rings is 2. The summed E-state index contributed by atoms with van der Waals surface area (Å²) in [5, 5.41) is 2.01. The van der Waals surface area contributed by atoms with Crippen molar-refractivity contribution in [2.75, 3.05) is 14.2 Å². The second-order valence-electron chi connectivity index (χ2n) is 6.04. The molecule has 2 aromatic heterocycles. The van der Waals surface area contributed by atoms with Crippen molar-refractivity contribution < 1.29 is 14.3 Å². The van der Waals surface area contributed by atoms with Crippen LogP contribution in [0.1, 0.15) is 15.9 Å². The van der Waals surface area contributed by atoms with E-state index in [2.05, 4.69) is 15.6 Å². The summed E-state index contributed by atoms with van der Waals surface area (Å²) in [6.07, 6.45) is 1.57. The van der Waals surface area contributed by atoms with Crippen molar-refractivity contribution >= 4 is 27.9 Å². The molecule has 0 bridgehead atoms. The number of nitrogens with zero attached hydrogens (tertiary/aromatic N) is 2. The van der Waals surface area contributed by atoms with Gasteiger partial charge in [-0.05, 0) is 29.8 Å². The molecule has 0 spiro atoms. The predicted octanol–water partition coefficient (Wildman–Crippen LogP) is 4.03. The molecular weight excluding hydrogens is 328 g/mol. The van der Waals surface area contributed by atoms with Gasteiger partial charge in [-0.2, -0.15) is 0 Å². The summed E-state index contributed by atoms with van der Waals surface area (Å²) < 4.78 is 12.2. The van der Waals surface area contributed by atoms with Gasteiger partial charge in [0.25, 0.3) is 0 Å². The maximum Gasteiger partial charge on any atom is 0.339 e. The molecule has 0 atom stereocenters. The van der Waals surface area contributed by atoms with Crippen LogP contribution in [0.15, 0.2) is 60.8 Å². The fourth-order valence-corrected chi connectivity index (χ4v) is 3.22. The molecule has 130 valence electrons. The third kappa shape index (κ3) is 2.67. The Labute approximate surface area is 150 Å². The molecule has 0 radical (unpaired) electrons. The average Bonchev–Trinajstić information content (AvgIpc) is 3.01. The van der Waals surface area contributed by atoms with E-state index in [-0.39, 0.29) is 5.97 Å². The number of pyridine rings is 1. The number of carbonyl (C=O) groups excluding carboxylic acids is 1. The van der Waals surface area contributed by atoms with Crippen molar-refractivity contribution in [3.8, 4) is 5.75 Å². The minimum absolute atomic E-state index is 0.383. The largest absolute Gasteiger partial charge is 0.497 e. The molecule has 2 heterocycles. The van der Waals surface area contributed by atoms with Gasteiger partial charge < -0.3 is 14.0 Å². The molecule has 0 unspecified atom stereocenters. The third-order valence-electron chi connectivity index (χ3n) is 4.53. The van der Waals surface area contributed by atoms with E-state index in [1.54, 1.807) is 13.3 Å².